The Balaban J connectivity index is 2.14. The van der Waals surface area contributed by atoms with Gasteiger partial charge in [0.15, 0.2) is 4.77 Å². The van der Waals surface area contributed by atoms with Crippen LogP contribution in [0.4, 0.5) is 0 Å². The van der Waals surface area contributed by atoms with Gasteiger partial charge in [-0.15, -0.1) is 0 Å². The van der Waals surface area contributed by atoms with Crippen LogP contribution in [0, 0.1) is 12.8 Å². The number of hydrogen-bond donors (Lipinski definition) is 1. The molecule has 0 amide bonds. The minimum atomic E-state index is -0.390. The first kappa shape index (κ1) is 14.8. The minimum absolute atomic E-state index is 0.390. The molecule has 2 rings (SSSR count). The van der Waals surface area contributed by atoms with Crippen molar-refractivity contribution in [2.24, 2.45) is 5.92 Å². The third-order valence-electron chi connectivity index (χ3n) is 2.87. The van der Waals surface area contributed by atoms with Crippen LogP contribution in [0.25, 0.3) is 4.91 Å². The first-order valence-corrected chi connectivity index (χ1v) is 8.32. The fraction of sp³-hybridized carbons (Fsp3) is 0.467. The summed E-state index contributed by atoms with van der Waals surface area (Å²) in [4.78, 5) is 1.10. The van der Waals surface area contributed by atoms with Crippen LogP contribution in [0.3, 0.4) is 0 Å². The van der Waals surface area contributed by atoms with Gasteiger partial charge < -0.3 is 9.84 Å². The van der Waals surface area contributed by atoms with E-state index in [4.69, 9.17) is 4.74 Å². The topological polar surface area (TPSA) is 29.5 Å². The Bertz CT molecular complexity index is 469. The van der Waals surface area contributed by atoms with Crippen molar-refractivity contribution in [3.05, 3.63) is 34.7 Å². The SMILES string of the molecule is Cc1ccc(OCCC(C)C)c(C2=CSC(O)S2)c1. The van der Waals surface area contributed by atoms with Gasteiger partial charge in [0, 0.05) is 10.5 Å². The highest BCUT2D eigenvalue weighted by Gasteiger charge is 2.20. The number of thioether (sulfide) groups is 2. The minimum Gasteiger partial charge on any atom is -0.493 e. The van der Waals surface area contributed by atoms with Crippen LogP contribution in [0.5, 0.6) is 5.75 Å². The third kappa shape index (κ3) is 4.20. The number of benzene rings is 1. The van der Waals surface area contributed by atoms with E-state index in [-0.39, 0.29) is 4.77 Å². The average molecular weight is 296 g/mol. The fourth-order valence-electron chi connectivity index (χ4n) is 1.78. The maximum Gasteiger partial charge on any atom is 0.154 e. The molecule has 0 aromatic heterocycles. The van der Waals surface area contributed by atoms with Crippen LogP contribution in [0.15, 0.2) is 23.6 Å². The first-order chi connectivity index (χ1) is 9.06. The maximum absolute atomic E-state index is 9.60. The van der Waals surface area contributed by atoms with Crippen LogP contribution < -0.4 is 4.74 Å². The summed E-state index contributed by atoms with van der Waals surface area (Å²) in [5.74, 6) is 1.56. The molecule has 0 radical (unpaired) electrons. The number of aliphatic hydroxyl groups excluding tert-OH is 1. The van der Waals surface area contributed by atoms with E-state index in [1.807, 2.05) is 11.5 Å². The van der Waals surface area contributed by atoms with Crippen LogP contribution >= 0.6 is 23.5 Å². The molecule has 0 saturated carbocycles. The zero-order valence-corrected chi connectivity index (χ0v) is 13.2. The smallest absolute Gasteiger partial charge is 0.154 e. The van der Waals surface area contributed by atoms with E-state index in [0.29, 0.717) is 5.92 Å². The first-order valence-electron chi connectivity index (χ1n) is 6.50. The molecule has 4 heteroatoms. The van der Waals surface area contributed by atoms with Crippen LogP contribution in [0.2, 0.25) is 0 Å². The summed E-state index contributed by atoms with van der Waals surface area (Å²) >= 11 is 2.93. The molecule has 0 saturated heterocycles. The Morgan fingerprint density at radius 2 is 2.16 bits per heavy atom. The molecule has 1 aromatic carbocycles. The van der Waals surface area contributed by atoms with Crippen molar-refractivity contribution in [2.45, 2.75) is 32.0 Å². The van der Waals surface area contributed by atoms with Crippen molar-refractivity contribution in [3.63, 3.8) is 0 Å². The number of hydrogen-bond acceptors (Lipinski definition) is 4. The van der Waals surface area contributed by atoms with Gasteiger partial charge in [-0.2, -0.15) is 0 Å². The predicted octanol–water partition coefficient (Wildman–Crippen LogP) is 4.47. The summed E-state index contributed by atoms with van der Waals surface area (Å²) < 4.78 is 5.52. The Hall–Kier alpha value is -0.580. The molecule has 1 aliphatic heterocycles. The van der Waals surface area contributed by atoms with E-state index < -0.39 is 0 Å². The van der Waals surface area contributed by atoms with Gasteiger partial charge in [-0.3, -0.25) is 0 Å². The Morgan fingerprint density at radius 1 is 1.37 bits per heavy atom. The Kier molecular flexibility index (Phi) is 5.25. The van der Waals surface area contributed by atoms with Gasteiger partial charge in [0.25, 0.3) is 0 Å². The van der Waals surface area contributed by atoms with E-state index in [2.05, 4.69) is 32.9 Å². The van der Waals surface area contributed by atoms with Gasteiger partial charge >= 0.3 is 0 Å². The predicted molar refractivity (Wildman–Crippen MR) is 85.3 cm³/mol. The molecule has 1 aromatic rings. The summed E-state index contributed by atoms with van der Waals surface area (Å²) in [6, 6.07) is 6.22. The second-order valence-electron chi connectivity index (χ2n) is 5.07. The lowest BCUT2D eigenvalue weighted by atomic mass is 10.1. The number of rotatable bonds is 5. The number of aliphatic hydroxyl groups is 1. The molecule has 1 heterocycles. The average Bonchev–Trinajstić information content (AvgIpc) is 2.77. The Labute approximate surface area is 123 Å². The zero-order chi connectivity index (χ0) is 13.8. The maximum atomic E-state index is 9.60. The van der Waals surface area contributed by atoms with Gasteiger partial charge in [-0.05, 0) is 36.8 Å². The molecular weight excluding hydrogens is 276 g/mol. The summed E-state index contributed by atoms with van der Waals surface area (Å²) in [5, 5.41) is 11.6. The molecule has 1 unspecified atom stereocenters. The normalized spacial score (nSPS) is 18.8. The molecule has 0 spiro atoms. The second kappa shape index (κ2) is 6.73. The van der Waals surface area contributed by atoms with Crippen molar-refractivity contribution in [3.8, 4) is 5.75 Å². The standard InChI is InChI=1S/C15H20O2S2/c1-10(2)6-7-17-13-5-4-11(3)8-12(13)14-9-18-15(16)19-14/h4-5,8-10,15-16H,6-7H2,1-3H3. The summed E-state index contributed by atoms with van der Waals surface area (Å²) in [7, 11) is 0. The molecular formula is C15H20O2S2. The lowest BCUT2D eigenvalue weighted by molar-refractivity contribution is 0.289. The van der Waals surface area contributed by atoms with Crippen molar-refractivity contribution in [1.29, 1.82) is 0 Å². The third-order valence-corrected chi connectivity index (χ3v) is 5.04. The lowest BCUT2D eigenvalue weighted by Crippen LogP contribution is -2.03. The van der Waals surface area contributed by atoms with E-state index in [1.165, 1.54) is 29.1 Å². The van der Waals surface area contributed by atoms with E-state index in [9.17, 15) is 5.11 Å². The van der Waals surface area contributed by atoms with E-state index in [0.717, 1.165) is 29.2 Å². The van der Waals surface area contributed by atoms with E-state index in [1.54, 1.807) is 0 Å². The van der Waals surface area contributed by atoms with Gasteiger partial charge in [-0.25, -0.2) is 0 Å². The zero-order valence-electron chi connectivity index (χ0n) is 11.6. The van der Waals surface area contributed by atoms with Crippen LogP contribution in [-0.4, -0.2) is 16.5 Å². The number of aryl methyl sites for hydroxylation is 1. The van der Waals surface area contributed by atoms with Crippen molar-refractivity contribution in [2.75, 3.05) is 6.61 Å². The monoisotopic (exact) mass is 296 g/mol. The second-order valence-corrected chi connectivity index (χ2v) is 7.45. The fourth-order valence-corrected chi connectivity index (χ4v) is 3.74. The molecule has 1 atom stereocenters. The van der Waals surface area contributed by atoms with Crippen molar-refractivity contribution < 1.29 is 9.84 Å². The molecule has 1 aliphatic rings. The number of ether oxygens (including phenoxy) is 1. The molecule has 0 bridgehead atoms. The summed E-state index contributed by atoms with van der Waals surface area (Å²) in [6.45, 7) is 7.20. The lowest BCUT2D eigenvalue weighted by Gasteiger charge is -2.14. The summed E-state index contributed by atoms with van der Waals surface area (Å²) in [5.41, 5.74) is 2.30. The highest BCUT2D eigenvalue weighted by atomic mass is 32.2. The van der Waals surface area contributed by atoms with Crippen molar-refractivity contribution >= 4 is 28.4 Å². The van der Waals surface area contributed by atoms with Gasteiger partial charge in [0.1, 0.15) is 5.75 Å². The van der Waals surface area contributed by atoms with Gasteiger partial charge in [0.05, 0.1) is 6.61 Å². The van der Waals surface area contributed by atoms with Crippen LogP contribution in [0.1, 0.15) is 31.4 Å². The Morgan fingerprint density at radius 3 is 2.79 bits per heavy atom. The molecule has 0 fully saturated rings. The van der Waals surface area contributed by atoms with Crippen molar-refractivity contribution in [1.82, 2.24) is 0 Å². The summed E-state index contributed by atoms with van der Waals surface area (Å²) in [6.07, 6.45) is 1.05. The van der Waals surface area contributed by atoms with E-state index >= 15 is 0 Å². The highest BCUT2D eigenvalue weighted by Crippen LogP contribution is 2.46. The molecule has 2 nitrogen and oxygen atoms in total. The quantitative estimate of drug-likeness (QED) is 0.868. The molecule has 1 N–H and O–H groups in total. The largest absolute Gasteiger partial charge is 0.493 e. The van der Waals surface area contributed by atoms with Crippen LogP contribution in [-0.2, 0) is 0 Å². The molecule has 104 valence electrons. The molecule has 19 heavy (non-hydrogen) atoms. The molecule has 0 aliphatic carbocycles. The van der Waals surface area contributed by atoms with Gasteiger partial charge in [0.2, 0.25) is 0 Å². The van der Waals surface area contributed by atoms with Gasteiger partial charge in [-0.1, -0.05) is 49.0 Å². The highest BCUT2D eigenvalue weighted by molar-refractivity contribution is 8.25.